The maximum atomic E-state index is 2.50. The minimum Gasteiger partial charge on any atom is -0.306 e. The highest BCUT2D eigenvalue weighted by atomic mass is 15.1. The third kappa shape index (κ3) is 8.15. The van der Waals surface area contributed by atoms with Gasteiger partial charge in [0, 0.05) is 13.1 Å². The van der Waals surface area contributed by atoms with Gasteiger partial charge in [0.25, 0.3) is 0 Å². The molecule has 0 spiro atoms. The second kappa shape index (κ2) is 6.64. The summed E-state index contributed by atoms with van der Waals surface area (Å²) in [6.07, 6.45) is 1.33. The van der Waals surface area contributed by atoms with Gasteiger partial charge in [0.1, 0.15) is 0 Å². The Morgan fingerprint density at radius 3 is 1.75 bits per heavy atom. The quantitative estimate of drug-likeness (QED) is 0.654. The van der Waals surface area contributed by atoms with E-state index in [1.807, 2.05) is 0 Å². The van der Waals surface area contributed by atoms with Crippen molar-refractivity contribution < 1.29 is 0 Å². The van der Waals surface area contributed by atoms with E-state index in [9.17, 15) is 0 Å². The molecule has 0 saturated carbocycles. The zero-order valence-electron chi connectivity index (χ0n) is 12.8. The first-order valence-corrected chi connectivity index (χ1v) is 6.80. The van der Waals surface area contributed by atoms with Crippen molar-refractivity contribution in [1.29, 1.82) is 0 Å². The van der Waals surface area contributed by atoms with Crippen LogP contribution >= 0.6 is 0 Å². The van der Waals surface area contributed by atoms with Gasteiger partial charge < -0.3 is 4.90 Å². The monoisotopic (exact) mass is 227 g/mol. The molecule has 0 amide bonds. The maximum absolute atomic E-state index is 2.50. The first-order valence-electron chi connectivity index (χ1n) is 6.80. The summed E-state index contributed by atoms with van der Waals surface area (Å²) in [5.74, 6) is 2.38. The van der Waals surface area contributed by atoms with E-state index in [0.29, 0.717) is 5.41 Å². The molecule has 0 saturated heterocycles. The van der Waals surface area contributed by atoms with Gasteiger partial charge in [-0.2, -0.15) is 0 Å². The summed E-state index contributed by atoms with van der Waals surface area (Å²) in [6.45, 7) is 18.8. The molecule has 0 N–H and O–H groups in total. The maximum Gasteiger partial charge on any atom is 0.000936 e. The Morgan fingerprint density at radius 2 is 1.44 bits per heavy atom. The van der Waals surface area contributed by atoms with Crippen LogP contribution in [0.3, 0.4) is 0 Å². The van der Waals surface area contributed by atoms with Crippen molar-refractivity contribution in [3.8, 4) is 0 Å². The predicted molar refractivity (Wildman–Crippen MR) is 74.7 cm³/mol. The van der Waals surface area contributed by atoms with Crippen LogP contribution in [0.1, 0.15) is 54.9 Å². The lowest BCUT2D eigenvalue weighted by Gasteiger charge is -2.32. The molecule has 0 aliphatic heterocycles. The Kier molecular flexibility index (Phi) is 6.62. The van der Waals surface area contributed by atoms with Crippen LogP contribution < -0.4 is 0 Å². The second-order valence-electron chi connectivity index (χ2n) is 7.38. The molecule has 1 heteroatoms. The van der Waals surface area contributed by atoms with Crippen molar-refractivity contribution in [2.45, 2.75) is 54.9 Å². The number of hydrogen-bond donors (Lipinski definition) is 0. The molecule has 16 heavy (non-hydrogen) atoms. The molecule has 0 heterocycles. The van der Waals surface area contributed by atoms with E-state index in [4.69, 9.17) is 0 Å². The zero-order valence-corrected chi connectivity index (χ0v) is 12.8. The van der Waals surface area contributed by atoms with Crippen molar-refractivity contribution in [2.75, 3.05) is 20.1 Å². The fourth-order valence-electron chi connectivity index (χ4n) is 2.40. The van der Waals surface area contributed by atoms with Crippen molar-refractivity contribution in [3.63, 3.8) is 0 Å². The molecule has 0 aliphatic rings. The standard InChI is InChI=1S/C15H33N/c1-12(2)10-16(8)11-14(13(3)4)9-15(5,6)7/h12-14H,9-11H2,1-8H3. The van der Waals surface area contributed by atoms with Gasteiger partial charge in [-0.15, -0.1) is 0 Å². The van der Waals surface area contributed by atoms with Crippen LogP contribution in [0.4, 0.5) is 0 Å². The van der Waals surface area contributed by atoms with Crippen LogP contribution in [0.2, 0.25) is 0 Å². The Balaban J connectivity index is 4.23. The van der Waals surface area contributed by atoms with Crippen LogP contribution in [-0.4, -0.2) is 25.0 Å². The van der Waals surface area contributed by atoms with Crippen molar-refractivity contribution in [2.24, 2.45) is 23.2 Å². The molecule has 0 aromatic heterocycles. The number of nitrogens with zero attached hydrogens (tertiary/aromatic N) is 1. The van der Waals surface area contributed by atoms with E-state index in [0.717, 1.165) is 17.8 Å². The van der Waals surface area contributed by atoms with Crippen LogP contribution in [0.5, 0.6) is 0 Å². The Bertz CT molecular complexity index is 176. The number of hydrogen-bond acceptors (Lipinski definition) is 1. The third-order valence-corrected chi connectivity index (χ3v) is 3.04. The van der Waals surface area contributed by atoms with Gasteiger partial charge in [-0.05, 0) is 36.6 Å². The Morgan fingerprint density at radius 1 is 0.938 bits per heavy atom. The molecule has 0 fully saturated rings. The van der Waals surface area contributed by atoms with Crippen LogP contribution in [0, 0.1) is 23.2 Å². The van der Waals surface area contributed by atoms with Gasteiger partial charge in [-0.1, -0.05) is 48.5 Å². The summed E-state index contributed by atoms with van der Waals surface area (Å²) in [4.78, 5) is 2.50. The van der Waals surface area contributed by atoms with Gasteiger partial charge in [-0.25, -0.2) is 0 Å². The lowest BCUT2D eigenvalue weighted by Crippen LogP contribution is -2.33. The zero-order chi connectivity index (χ0) is 12.9. The predicted octanol–water partition coefficient (Wildman–Crippen LogP) is 4.28. The molecule has 0 rings (SSSR count). The van der Waals surface area contributed by atoms with Crippen molar-refractivity contribution in [3.05, 3.63) is 0 Å². The minimum absolute atomic E-state index is 0.452. The van der Waals surface area contributed by atoms with Crippen LogP contribution in [0.25, 0.3) is 0 Å². The van der Waals surface area contributed by atoms with E-state index in [2.05, 4.69) is 60.4 Å². The van der Waals surface area contributed by atoms with Crippen LogP contribution in [-0.2, 0) is 0 Å². The summed E-state index contributed by atoms with van der Waals surface area (Å²) < 4.78 is 0. The molecule has 1 unspecified atom stereocenters. The average molecular weight is 227 g/mol. The SMILES string of the molecule is CC(C)CN(C)CC(CC(C)(C)C)C(C)C. The molecule has 0 radical (unpaired) electrons. The Hall–Kier alpha value is -0.0400. The molecule has 0 bridgehead atoms. The fraction of sp³-hybridized carbons (Fsp3) is 1.00. The summed E-state index contributed by atoms with van der Waals surface area (Å²) in [5.41, 5.74) is 0.452. The van der Waals surface area contributed by atoms with Gasteiger partial charge in [-0.3, -0.25) is 0 Å². The third-order valence-electron chi connectivity index (χ3n) is 3.04. The van der Waals surface area contributed by atoms with Crippen LogP contribution in [0.15, 0.2) is 0 Å². The van der Waals surface area contributed by atoms with Crippen molar-refractivity contribution >= 4 is 0 Å². The molecule has 0 aromatic carbocycles. The smallest absolute Gasteiger partial charge is 0.000936 e. The summed E-state index contributed by atoms with van der Waals surface area (Å²) >= 11 is 0. The van der Waals surface area contributed by atoms with Gasteiger partial charge >= 0.3 is 0 Å². The molecule has 1 atom stereocenters. The van der Waals surface area contributed by atoms with E-state index in [1.54, 1.807) is 0 Å². The van der Waals surface area contributed by atoms with Gasteiger partial charge in [0.05, 0.1) is 0 Å². The minimum atomic E-state index is 0.452. The highest BCUT2D eigenvalue weighted by molar-refractivity contribution is 4.74. The highest BCUT2D eigenvalue weighted by Crippen LogP contribution is 2.29. The lowest BCUT2D eigenvalue weighted by atomic mass is 9.79. The van der Waals surface area contributed by atoms with Gasteiger partial charge in [0.15, 0.2) is 0 Å². The molecule has 98 valence electrons. The summed E-state index contributed by atoms with van der Waals surface area (Å²) in [5, 5.41) is 0. The molecule has 1 nitrogen and oxygen atoms in total. The summed E-state index contributed by atoms with van der Waals surface area (Å²) in [7, 11) is 2.26. The first-order chi connectivity index (χ1) is 7.11. The first kappa shape index (κ1) is 16.0. The Labute approximate surface area is 104 Å². The fourth-order valence-corrected chi connectivity index (χ4v) is 2.40. The topological polar surface area (TPSA) is 3.24 Å². The normalized spacial score (nSPS) is 15.2. The van der Waals surface area contributed by atoms with E-state index in [-0.39, 0.29) is 0 Å². The van der Waals surface area contributed by atoms with Crippen molar-refractivity contribution in [1.82, 2.24) is 4.90 Å². The number of rotatable bonds is 6. The highest BCUT2D eigenvalue weighted by Gasteiger charge is 2.22. The average Bonchev–Trinajstić information content (AvgIpc) is 1.97. The molecule has 0 aromatic rings. The molecular formula is C15H33N. The second-order valence-corrected chi connectivity index (χ2v) is 7.38. The lowest BCUT2D eigenvalue weighted by molar-refractivity contribution is 0.169. The van der Waals surface area contributed by atoms with E-state index in [1.165, 1.54) is 19.5 Å². The van der Waals surface area contributed by atoms with E-state index >= 15 is 0 Å². The molecule has 0 aliphatic carbocycles. The summed E-state index contributed by atoms with van der Waals surface area (Å²) in [6, 6.07) is 0. The largest absolute Gasteiger partial charge is 0.306 e. The van der Waals surface area contributed by atoms with Gasteiger partial charge in [0.2, 0.25) is 0 Å². The molecular weight excluding hydrogens is 194 g/mol. The van der Waals surface area contributed by atoms with E-state index < -0.39 is 0 Å².